The lowest BCUT2D eigenvalue weighted by Gasteiger charge is -2.56. The van der Waals surface area contributed by atoms with Gasteiger partial charge in [-0.25, -0.2) is 9.78 Å². The highest BCUT2D eigenvalue weighted by Crippen LogP contribution is 2.42. The van der Waals surface area contributed by atoms with E-state index in [-0.39, 0.29) is 17.7 Å². The Balaban J connectivity index is 1.51. The minimum atomic E-state index is -0.512. The number of anilines is 1. The first-order chi connectivity index (χ1) is 15.6. The normalized spacial score (nSPS) is 23.7. The topological polar surface area (TPSA) is 81.9 Å². The molecule has 1 amide bonds. The van der Waals surface area contributed by atoms with Gasteiger partial charge in [-0.2, -0.15) is 5.26 Å². The first kappa shape index (κ1) is 23.6. The monoisotopic (exact) mass is 455 g/mol. The molecule has 3 heterocycles. The fourth-order valence-electron chi connectivity index (χ4n) is 5.40. The van der Waals surface area contributed by atoms with Crippen molar-refractivity contribution in [2.24, 2.45) is 0 Å². The predicted octanol–water partition coefficient (Wildman–Crippen LogP) is 3.79. The van der Waals surface area contributed by atoms with Crippen LogP contribution in [0.3, 0.4) is 0 Å². The minimum Gasteiger partial charge on any atom is -0.473 e. The van der Waals surface area contributed by atoms with Gasteiger partial charge in [-0.15, -0.1) is 0 Å². The summed E-state index contributed by atoms with van der Waals surface area (Å²) < 4.78 is 11.9. The molecule has 0 bridgehead atoms. The summed E-state index contributed by atoms with van der Waals surface area (Å²) in [6.45, 7) is 10.9. The molecule has 1 spiro atoms. The molecular weight excluding hydrogens is 418 g/mol. The number of nitrogens with zero attached hydrogens (tertiary/aromatic N) is 5. The maximum atomic E-state index is 12.9. The maximum absolute atomic E-state index is 12.9. The lowest BCUT2D eigenvalue weighted by atomic mass is 9.73. The molecule has 33 heavy (non-hydrogen) atoms. The highest BCUT2D eigenvalue weighted by atomic mass is 16.6. The second-order valence-electron chi connectivity index (χ2n) is 10.8. The molecule has 180 valence electrons. The Bertz CT molecular complexity index is 918. The molecule has 0 N–H and O–H groups in total. The largest absolute Gasteiger partial charge is 0.473 e. The maximum Gasteiger partial charge on any atom is 0.410 e. The highest BCUT2D eigenvalue weighted by molar-refractivity contribution is 5.70. The van der Waals surface area contributed by atoms with Crippen molar-refractivity contribution in [3.8, 4) is 11.9 Å². The molecule has 1 aromatic rings. The Morgan fingerprint density at radius 3 is 2.58 bits per heavy atom. The van der Waals surface area contributed by atoms with Crippen LogP contribution in [0, 0.1) is 11.3 Å². The van der Waals surface area contributed by atoms with Gasteiger partial charge in [0.25, 0.3) is 0 Å². The Labute approximate surface area is 197 Å². The molecule has 8 nitrogen and oxygen atoms in total. The molecule has 8 heteroatoms. The van der Waals surface area contributed by atoms with Crippen molar-refractivity contribution in [1.82, 2.24) is 14.8 Å². The fraction of sp³-hybridized carbons (Fsp3) is 0.720. The Morgan fingerprint density at radius 2 is 2.00 bits per heavy atom. The first-order valence-corrected chi connectivity index (χ1v) is 12.1. The van der Waals surface area contributed by atoms with Crippen molar-refractivity contribution in [1.29, 1.82) is 5.26 Å². The second kappa shape index (κ2) is 9.02. The van der Waals surface area contributed by atoms with Gasteiger partial charge in [0.15, 0.2) is 0 Å². The van der Waals surface area contributed by atoms with Crippen LogP contribution < -0.4 is 9.64 Å². The van der Waals surface area contributed by atoms with Crippen LogP contribution in [0.25, 0.3) is 0 Å². The zero-order valence-corrected chi connectivity index (χ0v) is 20.6. The second-order valence-corrected chi connectivity index (χ2v) is 10.8. The summed E-state index contributed by atoms with van der Waals surface area (Å²) in [6.07, 6.45) is 5.09. The Morgan fingerprint density at radius 1 is 1.24 bits per heavy atom. The highest BCUT2D eigenvalue weighted by Gasteiger charge is 2.49. The van der Waals surface area contributed by atoms with Crippen molar-refractivity contribution < 1.29 is 14.3 Å². The molecule has 4 rings (SSSR count). The molecule has 1 aliphatic carbocycles. The van der Waals surface area contributed by atoms with Gasteiger partial charge in [-0.3, -0.25) is 9.80 Å². The molecule has 1 saturated carbocycles. The van der Waals surface area contributed by atoms with Crippen LogP contribution in [-0.2, 0) is 4.74 Å². The number of amides is 1. The van der Waals surface area contributed by atoms with E-state index >= 15 is 0 Å². The van der Waals surface area contributed by atoms with Crippen LogP contribution in [0.1, 0.15) is 65.5 Å². The number of rotatable bonds is 4. The zero-order valence-electron chi connectivity index (χ0n) is 20.6. The number of hydrogen-bond acceptors (Lipinski definition) is 7. The van der Waals surface area contributed by atoms with E-state index in [2.05, 4.69) is 34.8 Å². The van der Waals surface area contributed by atoms with E-state index in [1.54, 1.807) is 0 Å². The lowest BCUT2D eigenvalue weighted by molar-refractivity contribution is -0.0310. The van der Waals surface area contributed by atoms with Gasteiger partial charge in [-0.05, 0) is 79.5 Å². The summed E-state index contributed by atoms with van der Waals surface area (Å²) in [7, 11) is 2.13. The molecule has 2 saturated heterocycles. The number of pyridine rings is 1. The number of carbonyl (C=O) groups excluding carboxylic acids is 1. The molecule has 1 aromatic heterocycles. The zero-order chi connectivity index (χ0) is 23.8. The lowest BCUT2D eigenvalue weighted by Crippen LogP contribution is -2.67. The van der Waals surface area contributed by atoms with E-state index in [0.717, 1.165) is 44.5 Å². The van der Waals surface area contributed by atoms with Crippen molar-refractivity contribution >= 4 is 11.8 Å². The van der Waals surface area contributed by atoms with Gasteiger partial charge in [0, 0.05) is 37.4 Å². The van der Waals surface area contributed by atoms with Crippen LogP contribution in [0.15, 0.2) is 12.1 Å². The number of carbonyl (C=O) groups is 1. The summed E-state index contributed by atoms with van der Waals surface area (Å²) in [6, 6.07) is 6.32. The van der Waals surface area contributed by atoms with Gasteiger partial charge in [0.1, 0.15) is 23.5 Å². The summed E-state index contributed by atoms with van der Waals surface area (Å²) in [5.74, 6) is 0.495. The quantitative estimate of drug-likeness (QED) is 0.683. The third kappa shape index (κ3) is 5.03. The van der Waals surface area contributed by atoms with Crippen LogP contribution in [0.4, 0.5) is 10.5 Å². The minimum absolute atomic E-state index is 0.00576. The average Bonchev–Trinajstić information content (AvgIpc) is 3.16. The first-order valence-electron chi connectivity index (χ1n) is 12.1. The van der Waals surface area contributed by atoms with Crippen LogP contribution in [0.2, 0.25) is 0 Å². The molecule has 3 fully saturated rings. The molecule has 2 aliphatic heterocycles. The third-order valence-corrected chi connectivity index (χ3v) is 7.24. The van der Waals surface area contributed by atoms with E-state index in [0.29, 0.717) is 30.7 Å². The van der Waals surface area contributed by atoms with E-state index in [1.165, 1.54) is 6.42 Å². The van der Waals surface area contributed by atoms with Gasteiger partial charge in [-0.1, -0.05) is 0 Å². The number of ether oxygens (including phenoxy) is 2. The summed E-state index contributed by atoms with van der Waals surface area (Å²) in [5, 5.41) is 9.59. The van der Waals surface area contributed by atoms with E-state index in [4.69, 9.17) is 9.47 Å². The van der Waals surface area contributed by atoms with Crippen molar-refractivity contribution in [2.45, 2.75) is 83.1 Å². The van der Waals surface area contributed by atoms with Gasteiger partial charge >= 0.3 is 6.09 Å². The summed E-state index contributed by atoms with van der Waals surface area (Å²) in [5.41, 5.74) is 0.560. The molecule has 0 radical (unpaired) electrons. The molecule has 3 aliphatic rings. The van der Waals surface area contributed by atoms with Crippen molar-refractivity contribution in [3.05, 3.63) is 17.8 Å². The average molecular weight is 456 g/mol. The molecular formula is C25H37N5O3. The summed E-state index contributed by atoms with van der Waals surface area (Å²) >= 11 is 0. The van der Waals surface area contributed by atoms with Crippen molar-refractivity contribution in [3.63, 3.8) is 0 Å². The smallest absolute Gasteiger partial charge is 0.410 e. The Hall–Kier alpha value is -2.53. The molecule has 0 aromatic carbocycles. The number of likely N-dealkylation sites (tertiary alicyclic amines) is 1. The van der Waals surface area contributed by atoms with E-state index in [9.17, 15) is 10.1 Å². The van der Waals surface area contributed by atoms with Crippen LogP contribution in [-0.4, -0.2) is 77.4 Å². The van der Waals surface area contributed by atoms with E-state index < -0.39 is 5.60 Å². The number of likely N-dealkylation sites (N-methyl/N-ethyl adjacent to an activating group) is 1. The number of piperazine rings is 1. The molecule has 0 unspecified atom stereocenters. The number of aromatic nitrogens is 1. The summed E-state index contributed by atoms with van der Waals surface area (Å²) in [4.78, 5) is 23.9. The SMILES string of the molecule is C[C@H](Oc1cc(N2CCN(C(=O)OC(C)(C)C)C3(CCC3)C2)cc(C#N)n1)[C@@H]1CCCN1C. The number of hydrogen-bond donors (Lipinski definition) is 0. The fourth-order valence-corrected chi connectivity index (χ4v) is 5.40. The van der Waals surface area contributed by atoms with Crippen molar-refractivity contribution in [2.75, 3.05) is 38.1 Å². The van der Waals surface area contributed by atoms with E-state index in [1.807, 2.05) is 37.8 Å². The number of nitriles is 1. The third-order valence-electron chi connectivity index (χ3n) is 7.24. The Kier molecular flexibility index (Phi) is 6.45. The van der Waals surface area contributed by atoms with Crippen LogP contribution >= 0.6 is 0 Å². The van der Waals surface area contributed by atoms with Gasteiger partial charge < -0.3 is 14.4 Å². The predicted molar refractivity (Wildman–Crippen MR) is 126 cm³/mol. The van der Waals surface area contributed by atoms with Gasteiger partial charge in [0.2, 0.25) is 5.88 Å². The van der Waals surface area contributed by atoms with Gasteiger partial charge in [0.05, 0.1) is 5.54 Å². The standard InChI is InChI=1S/C25H37N5O3/c1-18(21-8-6-11-28(21)5)32-22-15-20(14-19(16-26)27-22)29-12-13-30(23(31)33-24(2,3)4)25(17-29)9-7-10-25/h14-15,18,21H,6-13,17H2,1-5H3/t18-,21-/m0/s1. The molecule has 2 atom stereocenters. The van der Waals surface area contributed by atoms with Crippen LogP contribution in [0.5, 0.6) is 5.88 Å².